The summed E-state index contributed by atoms with van der Waals surface area (Å²) in [5.41, 5.74) is 1.05. The number of nitro benzene ring substituents is 1. The van der Waals surface area contributed by atoms with Gasteiger partial charge in [0.2, 0.25) is 0 Å². The summed E-state index contributed by atoms with van der Waals surface area (Å²) >= 11 is 0. The molecule has 0 bridgehead atoms. The van der Waals surface area contributed by atoms with Crippen molar-refractivity contribution in [3.63, 3.8) is 0 Å². The summed E-state index contributed by atoms with van der Waals surface area (Å²) in [5.74, 6) is 0.599. The number of fused-ring (bicyclic) bond motifs is 1. The number of nitro groups is 1. The summed E-state index contributed by atoms with van der Waals surface area (Å²) in [6.45, 7) is 3.60. The van der Waals surface area contributed by atoms with Gasteiger partial charge in [-0.3, -0.25) is 15.4 Å². The van der Waals surface area contributed by atoms with Gasteiger partial charge in [-0.1, -0.05) is 0 Å². The predicted molar refractivity (Wildman–Crippen MR) is 68.1 cm³/mol. The Labute approximate surface area is 107 Å². The first-order valence-corrected chi connectivity index (χ1v) is 5.59. The molecule has 2 N–H and O–H groups in total. The van der Waals surface area contributed by atoms with Gasteiger partial charge in [-0.2, -0.15) is 0 Å². The maximum atomic E-state index is 11.4. The lowest BCUT2D eigenvalue weighted by Crippen LogP contribution is -2.13. The van der Waals surface area contributed by atoms with E-state index in [-0.39, 0.29) is 18.0 Å². The van der Waals surface area contributed by atoms with Crippen molar-refractivity contribution in [3.8, 4) is 0 Å². The smallest absolute Gasteiger partial charge is 0.411 e. The van der Waals surface area contributed by atoms with Gasteiger partial charge in [0.15, 0.2) is 0 Å². The van der Waals surface area contributed by atoms with Crippen molar-refractivity contribution in [1.29, 1.82) is 0 Å². The number of hydrogen-bond acceptors (Lipinski definition) is 5. The van der Waals surface area contributed by atoms with Crippen LogP contribution in [-0.2, 0) is 4.74 Å². The number of imidazole rings is 1. The first kappa shape index (κ1) is 12.8. The maximum absolute atomic E-state index is 11.4. The highest BCUT2D eigenvalue weighted by atomic mass is 16.6. The zero-order valence-corrected chi connectivity index (χ0v) is 10.4. The number of nitrogens with zero attached hydrogens (tertiary/aromatic N) is 2. The van der Waals surface area contributed by atoms with Crippen molar-refractivity contribution in [2.24, 2.45) is 0 Å². The van der Waals surface area contributed by atoms with E-state index in [1.807, 2.05) is 0 Å². The topological polar surface area (TPSA) is 110 Å². The summed E-state index contributed by atoms with van der Waals surface area (Å²) in [6, 6.07) is 2.62. The van der Waals surface area contributed by atoms with Crippen LogP contribution < -0.4 is 5.32 Å². The summed E-state index contributed by atoms with van der Waals surface area (Å²) in [5, 5.41) is 13.3. The Bertz CT molecular complexity index is 649. The largest absolute Gasteiger partial charge is 0.450 e. The van der Waals surface area contributed by atoms with Crippen LogP contribution in [0.1, 0.15) is 12.7 Å². The number of nitrogens with one attached hydrogen (secondary N) is 2. The number of amides is 1. The zero-order valence-electron chi connectivity index (χ0n) is 10.4. The predicted octanol–water partition coefficient (Wildman–Crippen LogP) is 2.35. The molecule has 1 heterocycles. The van der Waals surface area contributed by atoms with E-state index in [1.54, 1.807) is 13.8 Å². The second-order valence-electron chi connectivity index (χ2n) is 3.81. The van der Waals surface area contributed by atoms with E-state index >= 15 is 0 Å². The van der Waals surface area contributed by atoms with Gasteiger partial charge in [0, 0.05) is 12.1 Å². The number of carbonyl (C=O) groups excluding carboxylic acids is 1. The Kier molecular flexibility index (Phi) is 3.32. The minimum absolute atomic E-state index is 0.136. The van der Waals surface area contributed by atoms with Crippen molar-refractivity contribution in [1.82, 2.24) is 9.97 Å². The molecule has 0 aliphatic carbocycles. The second-order valence-corrected chi connectivity index (χ2v) is 3.81. The number of anilines is 1. The lowest BCUT2D eigenvalue weighted by atomic mass is 10.2. The Balaban J connectivity index is 2.49. The summed E-state index contributed by atoms with van der Waals surface area (Å²) in [4.78, 5) is 28.8. The fourth-order valence-corrected chi connectivity index (χ4v) is 1.70. The molecule has 1 aromatic carbocycles. The minimum atomic E-state index is -0.676. The molecule has 1 amide bonds. The molecular formula is C11H12N4O4. The molecule has 0 saturated carbocycles. The van der Waals surface area contributed by atoms with E-state index in [1.165, 1.54) is 12.1 Å². The Hall–Kier alpha value is -2.64. The molecule has 0 aliphatic heterocycles. The van der Waals surface area contributed by atoms with Crippen LogP contribution in [0.2, 0.25) is 0 Å². The Morgan fingerprint density at radius 3 is 2.95 bits per heavy atom. The number of ether oxygens (including phenoxy) is 1. The van der Waals surface area contributed by atoms with Crippen LogP contribution >= 0.6 is 0 Å². The summed E-state index contributed by atoms with van der Waals surface area (Å²) < 4.78 is 4.74. The van der Waals surface area contributed by atoms with Crippen LogP contribution in [-0.4, -0.2) is 27.6 Å². The summed E-state index contributed by atoms with van der Waals surface area (Å²) in [7, 11) is 0. The third-order valence-corrected chi connectivity index (χ3v) is 2.41. The first-order valence-electron chi connectivity index (χ1n) is 5.59. The molecule has 0 aliphatic rings. The number of rotatable bonds is 3. The normalized spacial score (nSPS) is 10.4. The van der Waals surface area contributed by atoms with E-state index in [2.05, 4.69) is 15.3 Å². The Morgan fingerprint density at radius 1 is 1.58 bits per heavy atom. The molecule has 0 radical (unpaired) electrons. The standard InChI is InChI=1S/C11H12N4O4/c1-3-19-11(16)14-9-5-7(15(17)18)4-8-10(9)13-6(2)12-8/h4-5H,3H2,1-2H3,(H,12,13)(H,14,16). The third-order valence-electron chi connectivity index (χ3n) is 2.41. The molecule has 0 spiro atoms. The van der Waals surface area contributed by atoms with Gasteiger partial charge in [-0.25, -0.2) is 9.78 Å². The van der Waals surface area contributed by atoms with Crippen LogP contribution in [0.3, 0.4) is 0 Å². The first-order chi connectivity index (χ1) is 9.01. The highest BCUT2D eigenvalue weighted by Crippen LogP contribution is 2.27. The highest BCUT2D eigenvalue weighted by molar-refractivity contribution is 5.98. The summed E-state index contributed by atoms with van der Waals surface area (Å²) in [6.07, 6.45) is -0.676. The van der Waals surface area contributed by atoms with Crippen molar-refractivity contribution in [3.05, 3.63) is 28.1 Å². The maximum Gasteiger partial charge on any atom is 0.411 e. The molecule has 0 atom stereocenters. The van der Waals surface area contributed by atoms with E-state index < -0.39 is 11.0 Å². The highest BCUT2D eigenvalue weighted by Gasteiger charge is 2.16. The van der Waals surface area contributed by atoms with Crippen LogP contribution in [0.25, 0.3) is 11.0 Å². The van der Waals surface area contributed by atoms with Gasteiger partial charge >= 0.3 is 6.09 Å². The molecule has 2 aromatic rings. The second kappa shape index (κ2) is 4.92. The number of carbonyl (C=O) groups is 1. The van der Waals surface area contributed by atoms with Crippen molar-refractivity contribution in [2.75, 3.05) is 11.9 Å². The zero-order chi connectivity index (χ0) is 14.0. The van der Waals surface area contributed by atoms with Crippen molar-refractivity contribution in [2.45, 2.75) is 13.8 Å². The van der Waals surface area contributed by atoms with Gasteiger partial charge in [-0.15, -0.1) is 0 Å². The number of aromatic amines is 1. The fourth-order valence-electron chi connectivity index (χ4n) is 1.70. The number of aromatic nitrogens is 2. The van der Waals surface area contributed by atoms with E-state index in [0.29, 0.717) is 16.9 Å². The number of hydrogen-bond donors (Lipinski definition) is 2. The van der Waals surface area contributed by atoms with E-state index in [9.17, 15) is 14.9 Å². The van der Waals surface area contributed by atoms with E-state index in [0.717, 1.165) is 0 Å². The molecule has 0 saturated heterocycles. The number of benzene rings is 1. The van der Waals surface area contributed by atoms with Gasteiger partial charge in [0.05, 0.1) is 22.7 Å². The molecule has 8 nitrogen and oxygen atoms in total. The molecule has 1 aromatic heterocycles. The monoisotopic (exact) mass is 264 g/mol. The van der Waals surface area contributed by atoms with Crippen LogP contribution in [0, 0.1) is 17.0 Å². The minimum Gasteiger partial charge on any atom is -0.450 e. The molecule has 2 rings (SSSR count). The molecule has 100 valence electrons. The quantitative estimate of drug-likeness (QED) is 0.653. The number of aryl methyl sites for hydroxylation is 1. The van der Waals surface area contributed by atoms with Crippen molar-refractivity contribution < 1.29 is 14.5 Å². The Morgan fingerprint density at radius 2 is 2.32 bits per heavy atom. The molecule has 0 fully saturated rings. The van der Waals surface area contributed by atoms with Gasteiger partial charge in [-0.05, 0) is 13.8 Å². The van der Waals surface area contributed by atoms with Crippen molar-refractivity contribution >= 4 is 28.5 Å². The van der Waals surface area contributed by atoms with Gasteiger partial charge < -0.3 is 9.72 Å². The molecule has 19 heavy (non-hydrogen) atoms. The number of non-ortho nitro benzene ring substituents is 1. The SMILES string of the molecule is CCOC(=O)Nc1cc([N+](=O)[O-])cc2[nH]c(C)nc12. The average Bonchev–Trinajstić information content (AvgIpc) is 2.69. The average molecular weight is 264 g/mol. The molecule has 0 unspecified atom stereocenters. The molecular weight excluding hydrogens is 252 g/mol. The van der Waals surface area contributed by atoms with Crippen LogP contribution in [0.5, 0.6) is 0 Å². The third kappa shape index (κ3) is 2.62. The lowest BCUT2D eigenvalue weighted by Gasteiger charge is -2.05. The molecule has 8 heteroatoms. The van der Waals surface area contributed by atoms with Gasteiger partial charge in [0.25, 0.3) is 5.69 Å². The van der Waals surface area contributed by atoms with Crippen LogP contribution in [0.15, 0.2) is 12.1 Å². The fraction of sp³-hybridized carbons (Fsp3) is 0.273. The van der Waals surface area contributed by atoms with Gasteiger partial charge in [0.1, 0.15) is 11.3 Å². The lowest BCUT2D eigenvalue weighted by molar-refractivity contribution is -0.384. The number of H-pyrrole nitrogens is 1. The van der Waals surface area contributed by atoms with Crippen LogP contribution in [0.4, 0.5) is 16.2 Å². The van der Waals surface area contributed by atoms with E-state index in [4.69, 9.17) is 4.74 Å².